The summed E-state index contributed by atoms with van der Waals surface area (Å²) in [6, 6.07) is 56.6. The summed E-state index contributed by atoms with van der Waals surface area (Å²) in [5.41, 5.74) is 10.3. The van der Waals surface area contributed by atoms with Crippen molar-refractivity contribution in [3.8, 4) is 5.69 Å². The van der Waals surface area contributed by atoms with E-state index in [1.54, 1.807) is 0 Å². The van der Waals surface area contributed by atoms with E-state index in [9.17, 15) is 0 Å². The Morgan fingerprint density at radius 1 is 0.531 bits per heavy atom. The number of hydrogen-bond acceptors (Lipinski definition) is 3. The molecule has 0 radical (unpaired) electrons. The Morgan fingerprint density at radius 2 is 1.16 bits per heavy atom. The van der Waals surface area contributed by atoms with Crippen LogP contribution in [0.3, 0.4) is 0 Å². The second-order valence-corrected chi connectivity index (χ2v) is 13.8. The molecule has 7 aromatic carbocycles. The molecule has 10 aromatic rings. The van der Waals surface area contributed by atoms with Gasteiger partial charge in [0.15, 0.2) is 0 Å². The predicted molar refractivity (Wildman–Crippen MR) is 208 cm³/mol. The molecule has 1 aliphatic heterocycles. The molecule has 1 aliphatic rings. The number of aromatic nitrogens is 2. The molecular weight excluding hydrogens is 617 g/mol. The number of para-hydroxylation sites is 4. The first kappa shape index (κ1) is 26.9. The highest BCUT2D eigenvalue weighted by molar-refractivity contribution is 7.27. The van der Waals surface area contributed by atoms with E-state index in [-0.39, 0.29) is 6.29 Å². The maximum atomic E-state index is 5.57. The molecule has 0 fully saturated rings. The Kier molecular flexibility index (Phi) is 5.57. The van der Waals surface area contributed by atoms with Gasteiger partial charge in [0, 0.05) is 59.5 Å². The van der Waals surface area contributed by atoms with Crippen LogP contribution in [-0.4, -0.2) is 14.8 Å². The summed E-state index contributed by atoms with van der Waals surface area (Å²) in [5, 5.41) is 11.5. The molecule has 0 spiro atoms. The summed E-state index contributed by atoms with van der Waals surface area (Å²) >= 11 is 1.89. The van der Waals surface area contributed by atoms with E-state index in [4.69, 9.17) is 4.99 Å². The lowest BCUT2D eigenvalue weighted by molar-refractivity contribution is 0.626. The summed E-state index contributed by atoms with van der Waals surface area (Å²) < 4.78 is 7.52. The van der Waals surface area contributed by atoms with E-state index in [0.29, 0.717) is 0 Å². The van der Waals surface area contributed by atoms with E-state index in [0.717, 1.165) is 33.7 Å². The van der Waals surface area contributed by atoms with Gasteiger partial charge in [-0.25, -0.2) is 4.99 Å². The Balaban J connectivity index is 1.38. The van der Waals surface area contributed by atoms with Crippen LogP contribution < -0.4 is 5.32 Å². The van der Waals surface area contributed by atoms with Crippen LogP contribution in [-0.2, 0) is 0 Å². The molecular formula is C44H28N4S. The lowest BCUT2D eigenvalue weighted by Gasteiger charge is -2.28. The highest BCUT2D eigenvalue weighted by Gasteiger charge is 2.30. The number of hydrogen-bond donors (Lipinski definition) is 1. The molecule has 3 aromatic heterocycles. The van der Waals surface area contributed by atoms with Gasteiger partial charge < -0.3 is 9.88 Å². The third-order valence-corrected chi connectivity index (χ3v) is 11.3. The Morgan fingerprint density at radius 3 is 1.98 bits per heavy atom. The first-order chi connectivity index (χ1) is 24.3. The molecule has 0 aliphatic carbocycles. The lowest BCUT2D eigenvalue weighted by atomic mass is 9.99. The van der Waals surface area contributed by atoms with Gasteiger partial charge in [0.25, 0.3) is 0 Å². The predicted octanol–water partition coefficient (Wildman–Crippen LogP) is 11.7. The minimum atomic E-state index is -0.368. The van der Waals surface area contributed by atoms with Gasteiger partial charge in [-0.2, -0.15) is 0 Å². The van der Waals surface area contributed by atoms with Crippen molar-refractivity contribution < 1.29 is 0 Å². The average Bonchev–Trinajstić information content (AvgIpc) is 3.83. The van der Waals surface area contributed by atoms with Crippen molar-refractivity contribution in [1.82, 2.24) is 9.13 Å². The van der Waals surface area contributed by atoms with E-state index in [2.05, 4.69) is 172 Å². The number of aliphatic imine (C=N–C) groups is 1. The summed E-state index contributed by atoms with van der Waals surface area (Å²) in [6.45, 7) is 0. The fraction of sp³-hybridized carbons (Fsp3) is 0.0227. The Hall–Kier alpha value is -6.17. The summed E-state index contributed by atoms with van der Waals surface area (Å²) in [4.78, 5) is 5.57. The number of anilines is 1. The summed E-state index contributed by atoms with van der Waals surface area (Å²) in [5.74, 6) is 0. The van der Waals surface area contributed by atoms with Crippen LogP contribution in [0.5, 0.6) is 0 Å². The van der Waals surface area contributed by atoms with Crippen LogP contribution in [0.25, 0.3) is 69.5 Å². The molecule has 11 rings (SSSR count). The molecule has 4 nitrogen and oxygen atoms in total. The highest BCUT2D eigenvalue weighted by Crippen LogP contribution is 2.51. The van der Waals surface area contributed by atoms with E-state index >= 15 is 0 Å². The molecule has 230 valence electrons. The van der Waals surface area contributed by atoms with Gasteiger partial charge in [-0.1, -0.05) is 121 Å². The minimum Gasteiger partial charge on any atom is -0.346 e. The Labute approximate surface area is 285 Å². The lowest BCUT2D eigenvalue weighted by Crippen LogP contribution is -2.24. The molecule has 0 saturated carbocycles. The van der Waals surface area contributed by atoms with Gasteiger partial charge in [0.2, 0.25) is 6.29 Å². The molecule has 1 unspecified atom stereocenters. The van der Waals surface area contributed by atoms with E-state index < -0.39 is 0 Å². The van der Waals surface area contributed by atoms with Gasteiger partial charge in [0.1, 0.15) is 0 Å². The molecule has 5 heteroatoms. The standard InChI is InChI=1S/C44H28N4S/c1-3-15-27(16-4-1)40-29-19-7-11-23-33(29)45-44(46-40)48-35-25-13-9-21-31(35)39-41-37(38-32-22-10-14-26-36(32)49-43(38)42(39)48)30-20-8-12-24-34(30)47(41)28-17-5-2-6-18-28/h1-26,44-45H. The van der Waals surface area contributed by atoms with Crippen molar-refractivity contribution in [2.75, 3.05) is 5.32 Å². The van der Waals surface area contributed by atoms with Crippen LogP contribution in [0, 0.1) is 0 Å². The maximum absolute atomic E-state index is 5.57. The number of thiophene rings is 1. The first-order valence-corrected chi connectivity index (χ1v) is 17.5. The van der Waals surface area contributed by atoms with Gasteiger partial charge >= 0.3 is 0 Å². The van der Waals surface area contributed by atoms with Crippen molar-refractivity contribution in [2.45, 2.75) is 6.29 Å². The van der Waals surface area contributed by atoms with Crippen LogP contribution in [0.1, 0.15) is 17.4 Å². The SMILES string of the molecule is c1ccc(C2=NC(n3c4ccccc4c4c5c(c6ccccc6n5-c5ccccc5)c5c6ccccc6sc5c43)Nc3ccccc32)cc1. The second-order valence-electron chi connectivity index (χ2n) is 12.7. The third-order valence-electron chi connectivity index (χ3n) is 10.1. The molecule has 0 saturated heterocycles. The number of fused-ring (bicyclic) bond motifs is 13. The Bertz CT molecular complexity index is 2960. The van der Waals surface area contributed by atoms with E-state index in [1.165, 1.54) is 58.3 Å². The van der Waals surface area contributed by atoms with Crippen LogP contribution >= 0.6 is 11.3 Å². The van der Waals surface area contributed by atoms with Crippen molar-refractivity contribution in [3.05, 3.63) is 169 Å². The van der Waals surface area contributed by atoms with Gasteiger partial charge in [-0.15, -0.1) is 11.3 Å². The van der Waals surface area contributed by atoms with Crippen molar-refractivity contribution in [3.63, 3.8) is 0 Å². The zero-order chi connectivity index (χ0) is 32.1. The van der Waals surface area contributed by atoms with Crippen LogP contribution in [0.15, 0.2) is 163 Å². The highest BCUT2D eigenvalue weighted by atomic mass is 32.1. The molecule has 49 heavy (non-hydrogen) atoms. The number of benzene rings is 7. The maximum Gasteiger partial charge on any atom is 0.201 e. The molecule has 4 heterocycles. The first-order valence-electron chi connectivity index (χ1n) is 16.7. The molecule has 0 bridgehead atoms. The van der Waals surface area contributed by atoms with Gasteiger partial charge in [0.05, 0.1) is 32.5 Å². The molecule has 0 amide bonds. The number of nitrogens with one attached hydrogen (secondary N) is 1. The van der Waals surface area contributed by atoms with Crippen molar-refractivity contribution >= 4 is 86.5 Å². The number of rotatable bonds is 3. The van der Waals surface area contributed by atoms with Crippen LogP contribution in [0.4, 0.5) is 5.69 Å². The molecule has 1 N–H and O–H groups in total. The largest absolute Gasteiger partial charge is 0.346 e. The zero-order valence-corrected chi connectivity index (χ0v) is 27.2. The minimum absolute atomic E-state index is 0.368. The van der Waals surface area contributed by atoms with Crippen LogP contribution in [0.2, 0.25) is 0 Å². The average molecular weight is 645 g/mol. The summed E-state index contributed by atoms with van der Waals surface area (Å²) in [7, 11) is 0. The third kappa shape index (κ3) is 3.71. The zero-order valence-electron chi connectivity index (χ0n) is 26.3. The van der Waals surface area contributed by atoms with E-state index in [1.807, 2.05) is 11.3 Å². The normalized spacial score (nSPS) is 14.6. The monoisotopic (exact) mass is 644 g/mol. The smallest absolute Gasteiger partial charge is 0.201 e. The topological polar surface area (TPSA) is 34.2 Å². The second kappa shape index (κ2) is 10.2. The van der Waals surface area contributed by atoms with Crippen molar-refractivity contribution in [1.29, 1.82) is 0 Å². The van der Waals surface area contributed by atoms with Gasteiger partial charge in [-0.05, 0) is 36.4 Å². The van der Waals surface area contributed by atoms with Crippen molar-refractivity contribution in [2.24, 2.45) is 4.99 Å². The fourth-order valence-electron chi connectivity index (χ4n) is 8.14. The summed E-state index contributed by atoms with van der Waals surface area (Å²) in [6.07, 6.45) is -0.368. The van der Waals surface area contributed by atoms with Gasteiger partial charge in [-0.3, -0.25) is 4.57 Å². The number of nitrogens with zero attached hydrogens (tertiary/aromatic N) is 3. The quantitative estimate of drug-likeness (QED) is 0.204. The fourth-order valence-corrected chi connectivity index (χ4v) is 9.40. The molecule has 1 atom stereocenters.